The third-order valence-corrected chi connectivity index (χ3v) is 5.46. The van der Waals surface area contributed by atoms with E-state index in [1.54, 1.807) is 0 Å². The van der Waals surface area contributed by atoms with Gasteiger partial charge in [0.1, 0.15) is 5.82 Å². The molecule has 3 heterocycles. The van der Waals surface area contributed by atoms with E-state index in [0.29, 0.717) is 5.92 Å². The summed E-state index contributed by atoms with van der Waals surface area (Å²) in [6, 6.07) is 8.14. The van der Waals surface area contributed by atoms with Crippen molar-refractivity contribution < 1.29 is 4.79 Å². The Kier molecular flexibility index (Phi) is 4.24. The molecule has 1 atom stereocenters. The Bertz CT molecular complexity index is 759. The maximum absolute atomic E-state index is 12.8. The molecule has 1 aromatic carbocycles. The van der Waals surface area contributed by atoms with Gasteiger partial charge in [0.05, 0.1) is 5.69 Å². The van der Waals surface area contributed by atoms with Crippen LogP contribution in [0.4, 0.5) is 5.69 Å². The molecule has 25 heavy (non-hydrogen) atoms. The molecule has 132 valence electrons. The van der Waals surface area contributed by atoms with E-state index >= 15 is 0 Å². The minimum absolute atomic E-state index is 0.140. The molecule has 2 aliphatic heterocycles. The SMILES string of the molecule is Cc1cn(C)c([C@@H]2CCN(C(=O)c3ccc(N4CCCC4)cc3)C2)n1. The van der Waals surface area contributed by atoms with Crippen LogP contribution >= 0.6 is 0 Å². The molecule has 1 amide bonds. The fourth-order valence-corrected chi connectivity index (χ4v) is 4.14. The molecule has 0 N–H and O–H groups in total. The van der Waals surface area contributed by atoms with E-state index in [4.69, 9.17) is 0 Å². The Morgan fingerprint density at radius 3 is 2.48 bits per heavy atom. The highest BCUT2D eigenvalue weighted by atomic mass is 16.2. The van der Waals surface area contributed by atoms with E-state index in [1.165, 1.54) is 18.5 Å². The first-order chi connectivity index (χ1) is 12.1. The normalized spacial score (nSPS) is 20.5. The van der Waals surface area contributed by atoms with Gasteiger partial charge >= 0.3 is 0 Å². The van der Waals surface area contributed by atoms with Gasteiger partial charge in [-0.05, 0) is 50.5 Å². The standard InChI is InChI=1S/C20H26N4O/c1-15-13-22(2)19(21-15)17-9-12-24(14-17)20(25)16-5-7-18(8-6-16)23-10-3-4-11-23/h5-8,13,17H,3-4,9-12,14H2,1-2H3/t17-/m1/s1. The Hall–Kier alpha value is -2.30. The summed E-state index contributed by atoms with van der Waals surface area (Å²) in [6.45, 7) is 5.85. The van der Waals surface area contributed by atoms with Crippen LogP contribution in [0.5, 0.6) is 0 Å². The van der Waals surface area contributed by atoms with Crippen LogP contribution in [0, 0.1) is 6.92 Å². The number of carbonyl (C=O) groups is 1. The third kappa shape index (κ3) is 3.15. The number of aryl methyl sites for hydroxylation is 2. The van der Waals surface area contributed by atoms with Crippen LogP contribution in [0.2, 0.25) is 0 Å². The smallest absolute Gasteiger partial charge is 0.253 e. The largest absolute Gasteiger partial charge is 0.372 e. The molecule has 0 aliphatic carbocycles. The molecule has 0 spiro atoms. The summed E-state index contributed by atoms with van der Waals surface area (Å²) in [4.78, 5) is 21.8. The summed E-state index contributed by atoms with van der Waals surface area (Å²) < 4.78 is 2.10. The van der Waals surface area contributed by atoms with Gasteiger partial charge in [-0.3, -0.25) is 4.79 Å². The molecule has 0 unspecified atom stereocenters. The van der Waals surface area contributed by atoms with Crippen LogP contribution in [0.15, 0.2) is 30.5 Å². The summed E-state index contributed by atoms with van der Waals surface area (Å²) >= 11 is 0. The summed E-state index contributed by atoms with van der Waals surface area (Å²) in [5.74, 6) is 1.57. The fraction of sp³-hybridized carbons (Fsp3) is 0.500. The molecule has 2 aliphatic rings. The molecule has 2 fully saturated rings. The number of anilines is 1. The first-order valence-corrected chi connectivity index (χ1v) is 9.26. The number of amides is 1. The molecule has 2 aromatic rings. The van der Waals surface area contributed by atoms with E-state index in [2.05, 4.69) is 32.8 Å². The highest BCUT2D eigenvalue weighted by Gasteiger charge is 2.30. The number of likely N-dealkylation sites (tertiary alicyclic amines) is 1. The number of hydrogen-bond donors (Lipinski definition) is 0. The molecule has 2 saturated heterocycles. The van der Waals surface area contributed by atoms with Gasteiger partial charge in [-0.2, -0.15) is 0 Å². The zero-order valence-corrected chi connectivity index (χ0v) is 15.1. The summed E-state index contributed by atoms with van der Waals surface area (Å²) in [5.41, 5.74) is 3.07. The van der Waals surface area contributed by atoms with Crippen molar-refractivity contribution >= 4 is 11.6 Å². The van der Waals surface area contributed by atoms with E-state index in [1.807, 2.05) is 31.0 Å². The second kappa shape index (κ2) is 6.54. The third-order valence-electron chi connectivity index (χ3n) is 5.46. The lowest BCUT2D eigenvalue weighted by Crippen LogP contribution is -2.28. The van der Waals surface area contributed by atoms with Crippen LogP contribution in [-0.2, 0) is 7.05 Å². The molecule has 0 saturated carbocycles. The van der Waals surface area contributed by atoms with E-state index in [0.717, 1.165) is 49.7 Å². The van der Waals surface area contributed by atoms with E-state index < -0.39 is 0 Å². The number of rotatable bonds is 3. The minimum atomic E-state index is 0.140. The minimum Gasteiger partial charge on any atom is -0.372 e. The molecule has 0 radical (unpaired) electrons. The van der Waals surface area contributed by atoms with Crippen LogP contribution in [-0.4, -0.2) is 46.5 Å². The van der Waals surface area contributed by atoms with Crippen molar-refractivity contribution in [1.29, 1.82) is 0 Å². The second-order valence-corrected chi connectivity index (χ2v) is 7.33. The Labute approximate surface area is 149 Å². The first-order valence-electron chi connectivity index (χ1n) is 9.26. The van der Waals surface area contributed by atoms with Crippen molar-refractivity contribution in [1.82, 2.24) is 14.5 Å². The second-order valence-electron chi connectivity index (χ2n) is 7.33. The predicted octanol–water partition coefficient (Wildman–Crippen LogP) is 2.96. The summed E-state index contributed by atoms with van der Waals surface area (Å²) in [6.07, 6.45) is 5.57. The highest BCUT2D eigenvalue weighted by molar-refractivity contribution is 5.94. The molecule has 4 rings (SSSR count). The lowest BCUT2D eigenvalue weighted by atomic mass is 10.1. The van der Waals surface area contributed by atoms with Gasteiger partial charge in [0.2, 0.25) is 0 Å². The molecular formula is C20H26N4O. The van der Waals surface area contributed by atoms with Crippen molar-refractivity contribution in [3.63, 3.8) is 0 Å². The van der Waals surface area contributed by atoms with Crippen molar-refractivity contribution in [2.75, 3.05) is 31.1 Å². The topological polar surface area (TPSA) is 41.4 Å². The fourth-order valence-electron chi connectivity index (χ4n) is 4.14. The average Bonchev–Trinajstić information content (AvgIpc) is 3.35. The van der Waals surface area contributed by atoms with Crippen LogP contribution in [0.1, 0.15) is 47.1 Å². The highest BCUT2D eigenvalue weighted by Crippen LogP contribution is 2.28. The first kappa shape index (κ1) is 16.2. The van der Waals surface area contributed by atoms with Crippen LogP contribution < -0.4 is 4.90 Å². The predicted molar refractivity (Wildman–Crippen MR) is 99.1 cm³/mol. The Morgan fingerprint density at radius 2 is 1.84 bits per heavy atom. The summed E-state index contributed by atoms with van der Waals surface area (Å²) in [5, 5.41) is 0. The maximum atomic E-state index is 12.8. The quantitative estimate of drug-likeness (QED) is 0.864. The molecule has 5 heteroatoms. The number of aromatic nitrogens is 2. The van der Waals surface area contributed by atoms with Gasteiger partial charge in [0, 0.05) is 56.6 Å². The van der Waals surface area contributed by atoms with Crippen molar-refractivity contribution in [2.45, 2.75) is 32.1 Å². The number of nitrogens with zero attached hydrogens (tertiary/aromatic N) is 4. The monoisotopic (exact) mass is 338 g/mol. The van der Waals surface area contributed by atoms with Gasteiger partial charge in [-0.25, -0.2) is 4.98 Å². The molecule has 5 nitrogen and oxygen atoms in total. The maximum Gasteiger partial charge on any atom is 0.253 e. The van der Waals surface area contributed by atoms with Crippen molar-refractivity contribution in [2.24, 2.45) is 7.05 Å². The van der Waals surface area contributed by atoms with Crippen LogP contribution in [0.3, 0.4) is 0 Å². The number of carbonyl (C=O) groups excluding carboxylic acids is 1. The number of imidazole rings is 1. The van der Waals surface area contributed by atoms with E-state index in [-0.39, 0.29) is 5.91 Å². The van der Waals surface area contributed by atoms with Gasteiger partial charge in [0.15, 0.2) is 0 Å². The number of hydrogen-bond acceptors (Lipinski definition) is 3. The van der Waals surface area contributed by atoms with E-state index in [9.17, 15) is 4.79 Å². The lowest BCUT2D eigenvalue weighted by Gasteiger charge is -2.19. The number of benzene rings is 1. The Balaban J connectivity index is 1.43. The molecule has 1 aromatic heterocycles. The molecule has 0 bridgehead atoms. The van der Waals surface area contributed by atoms with Gasteiger partial charge < -0.3 is 14.4 Å². The van der Waals surface area contributed by atoms with Crippen LogP contribution in [0.25, 0.3) is 0 Å². The van der Waals surface area contributed by atoms with Crippen molar-refractivity contribution in [3.05, 3.63) is 47.5 Å². The zero-order valence-electron chi connectivity index (χ0n) is 15.1. The Morgan fingerprint density at radius 1 is 1.12 bits per heavy atom. The molecular weight excluding hydrogens is 312 g/mol. The van der Waals surface area contributed by atoms with Gasteiger partial charge in [0.25, 0.3) is 5.91 Å². The lowest BCUT2D eigenvalue weighted by molar-refractivity contribution is 0.0790. The summed E-state index contributed by atoms with van der Waals surface area (Å²) in [7, 11) is 2.04. The van der Waals surface area contributed by atoms with Crippen molar-refractivity contribution in [3.8, 4) is 0 Å². The average molecular weight is 338 g/mol. The zero-order chi connectivity index (χ0) is 17.4. The van der Waals surface area contributed by atoms with Gasteiger partial charge in [-0.15, -0.1) is 0 Å². The van der Waals surface area contributed by atoms with Gasteiger partial charge in [-0.1, -0.05) is 0 Å².